The summed E-state index contributed by atoms with van der Waals surface area (Å²) < 4.78 is 0. The molecular formula is C18H23N3OS. The predicted molar refractivity (Wildman–Crippen MR) is 93.4 cm³/mol. The van der Waals surface area contributed by atoms with Gasteiger partial charge in [-0.2, -0.15) is 0 Å². The van der Waals surface area contributed by atoms with E-state index in [1.54, 1.807) is 11.3 Å². The first-order chi connectivity index (χ1) is 11.2. The second-order valence-electron chi connectivity index (χ2n) is 6.15. The van der Waals surface area contributed by atoms with E-state index in [2.05, 4.69) is 34.3 Å². The molecule has 1 aromatic heterocycles. The Morgan fingerprint density at radius 1 is 1.26 bits per heavy atom. The highest BCUT2D eigenvalue weighted by Crippen LogP contribution is 2.16. The summed E-state index contributed by atoms with van der Waals surface area (Å²) in [4.78, 5) is 19.1. The fourth-order valence-corrected chi connectivity index (χ4v) is 3.60. The van der Waals surface area contributed by atoms with Crippen LogP contribution >= 0.6 is 11.3 Å². The molecule has 0 saturated carbocycles. The fraction of sp³-hybridized carbons (Fsp3) is 0.444. The van der Waals surface area contributed by atoms with E-state index in [4.69, 9.17) is 0 Å². The molecule has 5 heteroatoms. The van der Waals surface area contributed by atoms with Crippen molar-refractivity contribution < 1.29 is 4.79 Å². The molecule has 1 saturated heterocycles. The minimum absolute atomic E-state index is 0.0311. The first-order valence-corrected chi connectivity index (χ1v) is 9.05. The summed E-state index contributed by atoms with van der Waals surface area (Å²) in [6.07, 6.45) is 2.95. The van der Waals surface area contributed by atoms with Crippen molar-refractivity contribution in [2.75, 3.05) is 13.1 Å². The van der Waals surface area contributed by atoms with Crippen LogP contribution in [0.2, 0.25) is 0 Å². The molecule has 1 amide bonds. The molecule has 0 bridgehead atoms. The molecule has 1 fully saturated rings. The number of hydrogen-bond donors (Lipinski definition) is 1. The smallest absolute Gasteiger partial charge is 0.226 e. The molecular weight excluding hydrogens is 306 g/mol. The number of nitrogens with zero attached hydrogens (tertiary/aromatic N) is 2. The van der Waals surface area contributed by atoms with Crippen LogP contribution in [0.5, 0.6) is 0 Å². The summed E-state index contributed by atoms with van der Waals surface area (Å²) in [5.74, 6) is 0.0311. The summed E-state index contributed by atoms with van der Waals surface area (Å²) >= 11 is 1.66. The normalized spacial score (nSPS) is 15.0. The Kier molecular flexibility index (Phi) is 5.41. The van der Waals surface area contributed by atoms with E-state index in [0.29, 0.717) is 13.0 Å². The zero-order chi connectivity index (χ0) is 16.1. The van der Waals surface area contributed by atoms with Crippen LogP contribution in [0.4, 0.5) is 0 Å². The lowest BCUT2D eigenvalue weighted by molar-refractivity contribution is -0.120. The van der Waals surface area contributed by atoms with E-state index in [1.165, 1.54) is 31.5 Å². The lowest BCUT2D eigenvalue weighted by Gasteiger charge is -2.11. The van der Waals surface area contributed by atoms with Crippen molar-refractivity contribution in [1.29, 1.82) is 0 Å². The van der Waals surface area contributed by atoms with Crippen molar-refractivity contribution in [2.24, 2.45) is 0 Å². The maximum atomic E-state index is 12.0. The molecule has 1 N–H and O–H groups in total. The number of hydrogen-bond acceptors (Lipinski definition) is 4. The molecule has 3 rings (SSSR count). The maximum absolute atomic E-state index is 12.0. The highest BCUT2D eigenvalue weighted by Gasteiger charge is 2.14. The van der Waals surface area contributed by atoms with Gasteiger partial charge in [-0.15, -0.1) is 11.3 Å². The topological polar surface area (TPSA) is 45.2 Å². The number of thiazole rings is 1. The Labute approximate surface area is 141 Å². The van der Waals surface area contributed by atoms with Gasteiger partial charge in [0, 0.05) is 11.9 Å². The van der Waals surface area contributed by atoms with Crippen LogP contribution < -0.4 is 5.32 Å². The van der Waals surface area contributed by atoms with E-state index in [0.717, 1.165) is 22.8 Å². The predicted octanol–water partition coefficient (Wildman–Crippen LogP) is 2.91. The van der Waals surface area contributed by atoms with Crippen molar-refractivity contribution in [3.05, 3.63) is 51.5 Å². The summed E-state index contributed by atoms with van der Waals surface area (Å²) in [5, 5.41) is 6.09. The number of nitrogens with one attached hydrogen (secondary N) is 1. The number of likely N-dealkylation sites (tertiary alicyclic amines) is 1. The molecule has 4 nitrogen and oxygen atoms in total. The second kappa shape index (κ2) is 7.70. The van der Waals surface area contributed by atoms with Crippen LogP contribution in [0.25, 0.3) is 0 Å². The van der Waals surface area contributed by atoms with Crippen molar-refractivity contribution in [3.63, 3.8) is 0 Å². The lowest BCUT2D eigenvalue weighted by Crippen LogP contribution is -2.24. The zero-order valence-electron chi connectivity index (χ0n) is 13.5. The number of rotatable bonds is 6. The third-order valence-electron chi connectivity index (χ3n) is 4.11. The number of carbonyl (C=O) groups excluding carboxylic acids is 1. The summed E-state index contributed by atoms with van der Waals surface area (Å²) in [6.45, 7) is 5.90. The second-order valence-corrected chi connectivity index (χ2v) is 7.10. The van der Waals surface area contributed by atoms with Gasteiger partial charge in [-0.05, 0) is 38.4 Å². The van der Waals surface area contributed by atoms with Crippen LogP contribution in [0, 0.1) is 6.92 Å². The molecule has 122 valence electrons. The third-order valence-corrected chi connectivity index (χ3v) is 4.99. The van der Waals surface area contributed by atoms with Crippen molar-refractivity contribution in [2.45, 2.75) is 39.3 Å². The fourth-order valence-electron chi connectivity index (χ4n) is 2.77. The van der Waals surface area contributed by atoms with Crippen LogP contribution in [-0.2, 0) is 24.3 Å². The van der Waals surface area contributed by atoms with E-state index in [1.807, 2.05) is 17.5 Å². The number of aryl methyl sites for hydroxylation is 1. The van der Waals surface area contributed by atoms with Crippen molar-refractivity contribution in [1.82, 2.24) is 15.2 Å². The average Bonchev–Trinajstić information content (AvgIpc) is 3.19. The Bertz CT molecular complexity index is 645. The quantitative estimate of drug-likeness (QED) is 0.886. The molecule has 23 heavy (non-hydrogen) atoms. The van der Waals surface area contributed by atoms with Gasteiger partial charge in [0.25, 0.3) is 0 Å². The van der Waals surface area contributed by atoms with Crippen LogP contribution in [-0.4, -0.2) is 28.9 Å². The zero-order valence-corrected chi connectivity index (χ0v) is 14.4. The Balaban J connectivity index is 1.45. The van der Waals surface area contributed by atoms with Gasteiger partial charge >= 0.3 is 0 Å². The van der Waals surface area contributed by atoms with Crippen molar-refractivity contribution in [3.8, 4) is 0 Å². The van der Waals surface area contributed by atoms with Gasteiger partial charge in [0.15, 0.2) is 0 Å². The minimum atomic E-state index is 0.0311. The molecule has 1 aromatic carbocycles. The van der Waals surface area contributed by atoms with Crippen molar-refractivity contribution >= 4 is 17.2 Å². The highest BCUT2D eigenvalue weighted by molar-refractivity contribution is 7.09. The molecule has 0 spiro atoms. The summed E-state index contributed by atoms with van der Waals surface area (Å²) in [7, 11) is 0. The first-order valence-electron chi connectivity index (χ1n) is 8.17. The van der Waals surface area contributed by atoms with Gasteiger partial charge in [-0.25, -0.2) is 4.98 Å². The largest absolute Gasteiger partial charge is 0.352 e. The van der Waals surface area contributed by atoms with Crippen LogP contribution in [0.3, 0.4) is 0 Å². The molecule has 2 heterocycles. The average molecular weight is 329 g/mol. The van der Waals surface area contributed by atoms with Gasteiger partial charge in [0.1, 0.15) is 5.01 Å². The molecule has 0 atom stereocenters. The number of amides is 1. The number of benzene rings is 1. The first kappa shape index (κ1) is 16.1. The van der Waals surface area contributed by atoms with E-state index >= 15 is 0 Å². The Hall–Kier alpha value is -1.72. The lowest BCUT2D eigenvalue weighted by atomic mass is 10.1. The number of carbonyl (C=O) groups is 1. The summed E-state index contributed by atoms with van der Waals surface area (Å²) in [6, 6.07) is 8.22. The van der Waals surface area contributed by atoms with Gasteiger partial charge in [-0.3, -0.25) is 9.69 Å². The molecule has 1 aliphatic rings. The van der Waals surface area contributed by atoms with Crippen LogP contribution in [0.1, 0.15) is 34.7 Å². The molecule has 2 aromatic rings. The monoisotopic (exact) mass is 329 g/mol. The minimum Gasteiger partial charge on any atom is -0.352 e. The molecule has 0 aliphatic carbocycles. The molecule has 1 aliphatic heterocycles. The van der Waals surface area contributed by atoms with Gasteiger partial charge in [0.2, 0.25) is 5.91 Å². The Morgan fingerprint density at radius 3 is 2.74 bits per heavy atom. The van der Waals surface area contributed by atoms with E-state index < -0.39 is 0 Å². The maximum Gasteiger partial charge on any atom is 0.226 e. The van der Waals surface area contributed by atoms with Gasteiger partial charge in [-0.1, -0.05) is 29.8 Å². The highest BCUT2D eigenvalue weighted by atomic mass is 32.1. The van der Waals surface area contributed by atoms with Gasteiger partial charge in [0.05, 0.1) is 18.7 Å². The standard InChI is InChI=1S/C18H23N3OS/c1-14-4-6-15(7-5-14)11-19-17(22)10-16-13-23-18(20-16)12-21-8-2-3-9-21/h4-7,13H,2-3,8-12H2,1H3,(H,19,22). The van der Waals surface area contributed by atoms with E-state index in [9.17, 15) is 4.79 Å². The Morgan fingerprint density at radius 2 is 2.00 bits per heavy atom. The van der Waals surface area contributed by atoms with Crippen LogP contribution in [0.15, 0.2) is 29.6 Å². The van der Waals surface area contributed by atoms with E-state index in [-0.39, 0.29) is 5.91 Å². The third kappa shape index (κ3) is 4.88. The molecule has 0 radical (unpaired) electrons. The molecule has 0 unspecified atom stereocenters. The summed E-state index contributed by atoms with van der Waals surface area (Å²) in [5.41, 5.74) is 3.23. The van der Waals surface area contributed by atoms with Gasteiger partial charge < -0.3 is 5.32 Å². The SMILES string of the molecule is Cc1ccc(CNC(=O)Cc2csc(CN3CCCC3)n2)cc1. The number of aromatic nitrogens is 1.